The van der Waals surface area contributed by atoms with Gasteiger partial charge in [0.25, 0.3) is 0 Å². The van der Waals surface area contributed by atoms with Gasteiger partial charge in [-0.1, -0.05) is 87.8 Å². The molecule has 2 unspecified atom stereocenters. The molecule has 54 heavy (non-hydrogen) atoms. The molecule has 3 heterocycles. The van der Waals surface area contributed by atoms with Crippen molar-refractivity contribution in [3.8, 4) is 11.4 Å². The number of hydrogen-bond donors (Lipinski definition) is 2. The molecule has 0 radical (unpaired) electrons. The van der Waals surface area contributed by atoms with E-state index in [1.54, 1.807) is 18.7 Å². The number of carboxylic acid groups (broad SMARTS) is 1. The Hall–Kier alpha value is -2.62. The van der Waals surface area contributed by atoms with Crippen molar-refractivity contribution < 1.29 is 19.4 Å². The molecule has 0 amide bonds. The normalized spacial score (nSPS) is 39.1. The summed E-state index contributed by atoms with van der Waals surface area (Å²) in [5.41, 5.74) is 7.26. The summed E-state index contributed by atoms with van der Waals surface area (Å²) < 4.78 is 16.1. The van der Waals surface area contributed by atoms with Gasteiger partial charge in [0.2, 0.25) is 0 Å². The van der Waals surface area contributed by atoms with Crippen molar-refractivity contribution in [2.75, 3.05) is 13.2 Å². The highest BCUT2D eigenvalue weighted by Crippen LogP contribution is 2.74. The first-order valence-electron chi connectivity index (χ1n) is 20.7. The van der Waals surface area contributed by atoms with E-state index in [9.17, 15) is 9.90 Å². The van der Waals surface area contributed by atoms with Gasteiger partial charge in [-0.25, -0.2) is 9.67 Å². The molecule has 2 saturated carbocycles. The molecule has 9 heteroatoms. The second-order valence-electron chi connectivity index (χ2n) is 20.9. The molecule has 4 aliphatic rings. The third kappa shape index (κ3) is 6.12. The molecule has 3 aliphatic carbocycles. The summed E-state index contributed by atoms with van der Waals surface area (Å²) in [6.07, 6.45) is 12.2. The van der Waals surface area contributed by atoms with Crippen LogP contribution in [0, 0.1) is 62.1 Å². The smallest absolute Gasteiger partial charge is 0.307 e. The summed E-state index contributed by atoms with van der Waals surface area (Å²) in [7, 11) is 0. The highest BCUT2D eigenvalue weighted by molar-refractivity contribution is 5.73. The van der Waals surface area contributed by atoms with E-state index in [-0.39, 0.29) is 56.5 Å². The van der Waals surface area contributed by atoms with E-state index >= 15 is 0 Å². The monoisotopic (exact) mass is 746 g/mol. The van der Waals surface area contributed by atoms with E-state index in [1.807, 2.05) is 16.8 Å². The van der Waals surface area contributed by atoms with Crippen LogP contribution in [0.1, 0.15) is 122 Å². The molecular weight excluding hydrogens is 675 g/mol. The van der Waals surface area contributed by atoms with Gasteiger partial charge in [0.1, 0.15) is 6.33 Å². The zero-order valence-corrected chi connectivity index (χ0v) is 35.7. The number of aromatic nitrogens is 4. The molecule has 6 rings (SSSR count). The summed E-state index contributed by atoms with van der Waals surface area (Å²) in [6.45, 7) is 31.0. The van der Waals surface area contributed by atoms with Crippen molar-refractivity contribution >= 4 is 5.97 Å². The molecule has 12 atom stereocenters. The quantitative estimate of drug-likeness (QED) is 0.231. The molecule has 0 aromatic carbocycles. The lowest BCUT2D eigenvalue weighted by Gasteiger charge is -2.70. The van der Waals surface area contributed by atoms with Crippen LogP contribution in [-0.2, 0) is 20.8 Å². The van der Waals surface area contributed by atoms with E-state index in [2.05, 4.69) is 106 Å². The number of fused-ring (bicyclic) bond motifs is 5. The molecule has 0 bridgehead atoms. The Kier molecular flexibility index (Phi) is 10.5. The predicted molar refractivity (Wildman–Crippen MR) is 214 cm³/mol. The van der Waals surface area contributed by atoms with Gasteiger partial charge in [0.15, 0.2) is 5.82 Å². The number of pyridine rings is 1. The van der Waals surface area contributed by atoms with Crippen LogP contribution in [0.5, 0.6) is 0 Å². The summed E-state index contributed by atoms with van der Waals surface area (Å²) in [4.78, 5) is 22.4. The molecule has 1 saturated heterocycles. The first-order valence-corrected chi connectivity index (χ1v) is 20.7. The number of aliphatic carboxylic acids is 1. The predicted octanol–water partition coefficient (Wildman–Crippen LogP) is 9.08. The van der Waals surface area contributed by atoms with Gasteiger partial charge >= 0.3 is 5.97 Å². The van der Waals surface area contributed by atoms with Crippen molar-refractivity contribution in [3.05, 3.63) is 42.5 Å². The Bertz CT molecular complexity index is 1720. The van der Waals surface area contributed by atoms with Gasteiger partial charge in [-0.2, -0.15) is 5.10 Å². The lowest BCUT2D eigenvalue weighted by Crippen LogP contribution is -2.67. The molecule has 1 aliphatic heterocycles. The topological polar surface area (TPSA) is 125 Å². The maximum Gasteiger partial charge on any atom is 0.307 e. The summed E-state index contributed by atoms with van der Waals surface area (Å²) >= 11 is 0. The molecule has 3 N–H and O–H groups in total. The van der Waals surface area contributed by atoms with E-state index in [4.69, 9.17) is 20.3 Å². The van der Waals surface area contributed by atoms with Gasteiger partial charge in [-0.3, -0.25) is 9.78 Å². The van der Waals surface area contributed by atoms with E-state index in [0.29, 0.717) is 31.6 Å². The Morgan fingerprint density at radius 3 is 2.31 bits per heavy atom. The Morgan fingerprint density at radius 2 is 1.70 bits per heavy atom. The number of nitrogens with zero attached hydrogens (tertiary/aromatic N) is 4. The minimum Gasteiger partial charge on any atom is -0.481 e. The van der Waals surface area contributed by atoms with Crippen LogP contribution in [0.2, 0.25) is 0 Å². The third-order valence-corrected chi connectivity index (χ3v) is 17.3. The summed E-state index contributed by atoms with van der Waals surface area (Å²) in [5.74, 6) is 1.00. The van der Waals surface area contributed by atoms with Crippen LogP contribution in [0.4, 0.5) is 0 Å². The Morgan fingerprint density at radius 1 is 1.04 bits per heavy atom. The first-order chi connectivity index (χ1) is 25.0. The number of ether oxygens (including phenoxy) is 2. The van der Waals surface area contributed by atoms with Gasteiger partial charge in [-0.05, 0) is 103 Å². The van der Waals surface area contributed by atoms with Crippen LogP contribution in [0.25, 0.3) is 11.4 Å². The van der Waals surface area contributed by atoms with Gasteiger partial charge in [0, 0.05) is 34.3 Å². The molecule has 2 aromatic rings. The lowest BCUT2D eigenvalue weighted by atomic mass is 9.35. The fourth-order valence-corrected chi connectivity index (χ4v) is 12.1. The Balaban J connectivity index is 1.41. The van der Waals surface area contributed by atoms with Crippen LogP contribution in [0.15, 0.2) is 42.5 Å². The van der Waals surface area contributed by atoms with Crippen LogP contribution in [0.3, 0.4) is 0 Å². The largest absolute Gasteiger partial charge is 0.481 e. The van der Waals surface area contributed by atoms with Crippen molar-refractivity contribution in [2.45, 2.75) is 146 Å². The molecular formula is C45H71N5O4. The van der Waals surface area contributed by atoms with Crippen molar-refractivity contribution in [1.82, 2.24) is 19.7 Å². The summed E-state index contributed by atoms with van der Waals surface area (Å²) in [5, 5.41) is 15.9. The number of rotatable bonds is 10. The molecule has 2 aromatic heterocycles. The maximum atomic E-state index is 13.5. The van der Waals surface area contributed by atoms with Crippen LogP contribution >= 0.6 is 0 Å². The van der Waals surface area contributed by atoms with E-state index < -0.39 is 17.4 Å². The highest BCUT2D eigenvalue weighted by Gasteiger charge is 2.70. The number of hydrogen-bond acceptors (Lipinski definition) is 7. The SMILES string of the molecule is CC(C)[C@@H](C)[C@@]1(C)CC[C@]2(C)[C@H]3CC[C@H]4C(C)([C@H](Cn5ncnc5-c5ccncc5)OC[C@](C)(N)C(C)(C)C)CO[C@@H](C)C4(C)C3=CC[C@@]2(C)[C@@H]1C(=O)O. The zero-order chi connectivity index (χ0) is 39.9. The minimum atomic E-state index is -0.626. The Labute approximate surface area is 325 Å². The van der Waals surface area contributed by atoms with Crippen LogP contribution < -0.4 is 5.73 Å². The van der Waals surface area contributed by atoms with Crippen LogP contribution in [-0.4, -0.2) is 61.8 Å². The first kappa shape index (κ1) is 41.0. The van der Waals surface area contributed by atoms with Crippen molar-refractivity contribution in [1.29, 1.82) is 0 Å². The molecule has 300 valence electrons. The average molecular weight is 746 g/mol. The standard InChI is InChI=1S/C45H71N5O4/c1-28(2)29(3)40(8)20-21-42(10)32-14-15-34-41(9,25-53-30(4)45(34,13)33(32)16-19-43(42,11)36(40)38(51)52)35(54-26-44(12,46)39(5,6)7)24-50-37(48-27-49-50)31-17-22-47-23-18-31/h16-18,22-23,27-30,32,34-36H,14-15,19-21,24-26,46H2,1-13H3,(H,51,52)/t29-,30+,32+,34+,35+,36-,40-,41?,42-,43+,44+,45?/m1/s1. The lowest BCUT2D eigenvalue weighted by molar-refractivity contribution is -0.234. The number of allylic oxidation sites excluding steroid dienone is 1. The fraction of sp³-hybridized carbons (Fsp3) is 0.778. The van der Waals surface area contributed by atoms with Gasteiger partial charge in [-0.15, -0.1) is 0 Å². The molecule has 3 fully saturated rings. The number of carboxylic acids is 1. The summed E-state index contributed by atoms with van der Waals surface area (Å²) in [6, 6.07) is 3.93. The number of carbonyl (C=O) groups is 1. The third-order valence-electron chi connectivity index (χ3n) is 17.3. The van der Waals surface area contributed by atoms with Gasteiger partial charge < -0.3 is 20.3 Å². The van der Waals surface area contributed by atoms with E-state index in [1.165, 1.54) is 5.57 Å². The average Bonchev–Trinajstić information content (AvgIpc) is 3.56. The van der Waals surface area contributed by atoms with Crippen molar-refractivity contribution in [3.63, 3.8) is 0 Å². The van der Waals surface area contributed by atoms with E-state index in [0.717, 1.165) is 43.5 Å². The zero-order valence-electron chi connectivity index (χ0n) is 35.7. The second-order valence-corrected chi connectivity index (χ2v) is 20.9. The van der Waals surface area contributed by atoms with Crippen molar-refractivity contribution in [2.24, 2.45) is 67.8 Å². The highest BCUT2D eigenvalue weighted by atomic mass is 16.5. The minimum absolute atomic E-state index is 0.00331. The second kappa shape index (κ2) is 13.8. The maximum absolute atomic E-state index is 13.5. The molecule has 0 spiro atoms. The number of nitrogens with two attached hydrogens (primary N) is 1. The van der Waals surface area contributed by atoms with Gasteiger partial charge in [0.05, 0.1) is 37.9 Å². The molecule has 9 nitrogen and oxygen atoms in total. The fourth-order valence-electron chi connectivity index (χ4n) is 12.1.